The van der Waals surface area contributed by atoms with Crippen LogP contribution in [0.5, 0.6) is 0 Å². The van der Waals surface area contributed by atoms with Gasteiger partial charge in [-0.25, -0.2) is 9.07 Å². The molecule has 0 aliphatic rings. The van der Waals surface area contributed by atoms with Crippen molar-refractivity contribution in [1.29, 1.82) is 0 Å². The summed E-state index contributed by atoms with van der Waals surface area (Å²) in [5.74, 6) is -0.947. The number of hydrogen-bond donors (Lipinski definition) is 2. The minimum absolute atomic E-state index is 0.113. The number of hydrogen-bond acceptors (Lipinski definition) is 3. The molecule has 2 aromatic carbocycles. The molecular weight excluding hydrogens is 475 g/mol. The molecule has 3 rings (SSSR count). The zero-order valence-corrected chi connectivity index (χ0v) is 18.4. The van der Waals surface area contributed by atoms with Crippen molar-refractivity contribution >= 4 is 45.0 Å². The SMILES string of the molecule is Cc1nn(Cc2ccc(F)cc2)c(Cl)c1C(=O)NCCC(=O)Nc1ccc(Br)cc1. The summed E-state index contributed by atoms with van der Waals surface area (Å²) in [7, 11) is 0. The maximum atomic E-state index is 13.1. The maximum absolute atomic E-state index is 13.1. The Morgan fingerprint density at radius 2 is 1.80 bits per heavy atom. The number of aromatic nitrogens is 2. The lowest BCUT2D eigenvalue weighted by Crippen LogP contribution is -2.28. The molecule has 0 aliphatic carbocycles. The number of anilines is 1. The fourth-order valence-electron chi connectivity index (χ4n) is 2.81. The Balaban J connectivity index is 1.56. The van der Waals surface area contributed by atoms with Crippen molar-refractivity contribution in [2.24, 2.45) is 0 Å². The second kappa shape index (κ2) is 9.86. The average molecular weight is 494 g/mol. The molecule has 9 heteroatoms. The number of benzene rings is 2. The molecule has 0 radical (unpaired) electrons. The van der Waals surface area contributed by atoms with Gasteiger partial charge in [-0.3, -0.25) is 9.59 Å². The van der Waals surface area contributed by atoms with E-state index in [1.807, 2.05) is 12.1 Å². The smallest absolute Gasteiger partial charge is 0.256 e. The van der Waals surface area contributed by atoms with Crippen LogP contribution in [0.4, 0.5) is 10.1 Å². The predicted molar refractivity (Wildman–Crippen MR) is 117 cm³/mol. The Morgan fingerprint density at radius 3 is 2.47 bits per heavy atom. The van der Waals surface area contributed by atoms with E-state index in [0.29, 0.717) is 17.9 Å². The quantitative estimate of drug-likeness (QED) is 0.507. The summed E-state index contributed by atoms with van der Waals surface area (Å²) in [5, 5.41) is 9.95. The third-order valence-corrected chi connectivity index (χ3v) is 5.22. The summed E-state index contributed by atoms with van der Waals surface area (Å²) < 4.78 is 15.5. The van der Waals surface area contributed by atoms with Crippen LogP contribution >= 0.6 is 27.5 Å². The molecule has 0 atom stereocenters. The number of nitrogens with zero attached hydrogens (tertiary/aromatic N) is 2. The van der Waals surface area contributed by atoms with Crippen molar-refractivity contribution in [2.75, 3.05) is 11.9 Å². The van der Waals surface area contributed by atoms with Crippen LogP contribution < -0.4 is 10.6 Å². The predicted octanol–water partition coefficient (Wildman–Crippen LogP) is 4.55. The van der Waals surface area contributed by atoms with Crippen molar-refractivity contribution in [2.45, 2.75) is 19.9 Å². The maximum Gasteiger partial charge on any atom is 0.256 e. The van der Waals surface area contributed by atoms with E-state index in [1.54, 1.807) is 31.2 Å². The highest BCUT2D eigenvalue weighted by molar-refractivity contribution is 9.10. The van der Waals surface area contributed by atoms with E-state index in [2.05, 4.69) is 31.7 Å². The molecule has 30 heavy (non-hydrogen) atoms. The van der Waals surface area contributed by atoms with E-state index in [1.165, 1.54) is 16.8 Å². The van der Waals surface area contributed by atoms with E-state index >= 15 is 0 Å². The monoisotopic (exact) mass is 492 g/mol. The lowest BCUT2D eigenvalue weighted by atomic mass is 10.2. The van der Waals surface area contributed by atoms with Crippen LogP contribution in [0.2, 0.25) is 5.15 Å². The summed E-state index contributed by atoms with van der Waals surface area (Å²) in [6.07, 6.45) is 0.113. The van der Waals surface area contributed by atoms with Crippen LogP contribution in [0, 0.1) is 12.7 Å². The standard InChI is InChI=1S/C21H19BrClFN4O2/c1-13-19(20(23)28(27-13)12-14-2-6-16(24)7-3-14)21(30)25-11-10-18(29)26-17-8-4-15(22)5-9-17/h2-9H,10-12H2,1H3,(H,25,30)(H,26,29). The molecular formula is C21H19BrClFN4O2. The third kappa shape index (κ3) is 5.67. The Hall–Kier alpha value is -2.71. The van der Waals surface area contributed by atoms with Crippen LogP contribution in [0.3, 0.4) is 0 Å². The van der Waals surface area contributed by atoms with E-state index in [4.69, 9.17) is 11.6 Å². The molecule has 0 saturated heterocycles. The Morgan fingerprint density at radius 1 is 1.13 bits per heavy atom. The van der Waals surface area contributed by atoms with Crippen LogP contribution in [-0.4, -0.2) is 28.1 Å². The number of carbonyl (C=O) groups excluding carboxylic acids is 2. The largest absolute Gasteiger partial charge is 0.351 e. The summed E-state index contributed by atoms with van der Waals surface area (Å²) in [4.78, 5) is 24.6. The molecule has 0 fully saturated rings. The fourth-order valence-corrected chi connectivity index (χ4v) is 3.40. The number of halogens is 3. The first-order chi connectivity index (χ1) is 14.3. The molecule has 0 unspecified atom stereocenters. The van der Waals surface area contributed by atoms with Gasteiger partial charge in [0.1, 0.15) is 11.0 Å². The van der Waals surface area contributed by atoms with Crippen LogP contribution in [0.1, 0.15) is 28.0 Å². The van der Waals surface area contributed by atoms with Crippen LogP contribution in [0.25, 0.3) is 0 Å². The second-order valence-corrected chi connectivity index (χ2v) is 7.87. The van der Waals surface area contributed by atoms with E-state index < -0.39 is 5.91 Å². The first kappa shape index (κ1) is 22.0. The summed E-state index contributed by atoms with van der Waals surface area (Å²) in [6, 6.07) is 13.2. The first-order valence-electron chi connectivity index (χ1n) is 9.14. The van der Waals surface area contributed by atoms with Gasteiger partial charge in [0.2, 0.25) is 5.91 Å². The van der Waals surface area contributed by atoms with Gasteiger partial charge in [0.05, 0.1) is 17.8 Å². The average Bonchev–Trinajstić information content (AvgIpc) is 2.98. The number of amides is 2. The molecule has 6 nitrogen and oxygen atoms in total. The van der Waals surface area contributed by atoms with Gasteiger partial charge < -0.3 is 10.6 Å². The molecule has 2 amide bonds. The molecule has 2 N–H and O–H groups in total. The van der Waals surface area contributed by atoms with Gasteiger partial charge in [0.25, 0.3) is 5.91 Å². The molecule has 0 saturated carbocycles. The molecule has 0 aliphatic heterocycles. The second-order valence-electron chi connectivity index (χ2n) is 6.60. The van der Waals surface area contributed by atoms with Crippen LogP contribution in [0.15, 0.2) is 53.0 Å². The summed E-state index contributed by atoms with van der Waals surface area (Å²) in [5.41, 5.74) is 2.21. The van der Waals surface area contributed by atoms with E-state index in [0.717, 1.165) is 10.0 Å². The van der Waals surface area contributed by atoms with Crippen molar-refractivity contribution in [3.05, 3.63) is 80.8 Å². The molecule has 1 heterocycles. The van der Waals surface area contributed by atoms with Gasteiger partial charge in [-0.05, 0) is 48.9 Å². The molecule has 0 spiro atoms. The molecule has 1 aromatic heterocycles. The van der Waals surface area contributed by atoms with E-state index in [9.17, 15) is 14.0 Å². The minimum atomic E-state index is -0.403. The highest BCUT2D eigenvalue weighted by Gasteiger charge is 2.20. The lowest BCUT2D eigenvalue weighted by Gasteiger charge is -2.07. The fraction of sp³-hybridized carbons (Fsp3) is 0.190. The number of aryl methyl sites for hydroxylation is 1. The third-order valence-electron chi connectivity index (χ3n) is 4.30. The Kier molecular flexibility index (Phi) is 7.23. The van der Waals surface area contributed by atoms with Crippen molar-refractivity contribution in [1.82, 2.24) is 15.1 Å². The van der Waals surface area contributed by atoms with E-state index in [-0.39, 0.29) is 35.4 Å². The Labute approximate surface area is 186 Å². The van der Waals surface area contributed by atoms with Gasteiger partial charge in [0.15, 0.2) is 0 Å². The van der Waals surface area contributed by atoms with Gasteiger partial charge >= 0.3 is 0 Å². The summed E-state index contributed by atoms with van der Waals surface area (Å²) in [6.45, 7) is 2.14. The highest BCUT2D eigenvalue weighted by Crippen LogP contribution is 2.21. The zero-order valence-electron chi connectivity index (χ0n) is 16.1. The van der Waals surface area contributed by atoms with Gasteiger partial charge in [-0.15, -0.1) is 0 Å². The number of nitrogens with one attached hydrogen (secondary N) is 2. The number of carbonyl (C=O) groups is 2. The van der Waals surface area contributed by atoms with Crippen molar-refractivity contribution in [3.63, 3.8) is 0 Å². The van der Waals surface area contributed by atoms with Crippen LogP contribution in [-0.2, 0) is 11.3 Å². The van der Waals surface area contributed by atoms with Gasteiger partial charge in [-0.2, -0.15) is 5.10 Å². The minimum Gasteiger partial charge on any atom is -0.351 e. The lowest BCUT2D eigenvalue weighted by molar-refractivity contribution is -0.116. The summed E-state index contributed by atoms with van der Waals surface area (Å²) >= 11 is 9.68. The van der Waals surface area contributed by atoms with Crippen molar-refractivity contribution in [3.8, 4) is 0 Å². The molecule has 156 valence electrons. The van der Waals surface area contributed by atoms with Gasteiger partial charge in [0, 0.05) is 23.1 Å². The van der Waals surface area contributed by atoms with Gasteiger partial charge in [-0.1, -0.05) is 39.7 Å². The van der Waals surface area contributed by atoms with Crippen molar-refractivity contribution < 1.29 is 14.0 Å². The topological polar surface area (TPSA) is 76.0 Å². The molecule has 3 aromatic rings. The normalized spacial score (nSPS) is 10.7. The molecule has 0 bridgehead atoms. The Bertz CT molecular complexity index is 1050. The highest BCUT2D eigenvalue weighted by atomic mass is 79.9. The number of rotatable bonds is 7. The zero-order chi connectivity index (χ0) is 21.7. The first-order valence-corrected chi connectivity index (χ1v) is 10.3.